The van der Waals surface area contributed by atoms with Crippen molar-refractivity contribution in [2.24, 2.45) is 0 Å². The third kappa shape index (κ3) is 5.01. The number of hydrogen-bond acceptors (Lipinski definition) is 3. The first-order valence-corrected chi connectivity index (χ1v) is 9.52. The highest BCUT2D eigenvalue weighted by molar-refractivity contribution is 6.35. The molecule has 3 rings (SSSR count). The molecular formula is C21H15Cl3N2O3. The number of amides is 3. The minimum atomic E-state index is -0.703. The van der Waals surface area contributed by atoms with Gasteiger partial charge in [-0.2, -0.15) is 0 Å². The lowest BCUT2D eigenvalue weighted by Crippen LogP contribution is -2.34. The maximum absolute atomic E-state index is 12.2. The van der Waals surface area contributed by atoms with Crippen molar-refractivity contribution in [1.82, 2.24) is 5.32 Å². The number of urea groups is 1. The molecule has 0 saturated heterocycles. The first-order chi connectivity index (χ1) is 13.9. The van der Waals surface area contributed by atoms with Crippen LogP contribution in [0.15, 0.2) is 60.7 Å². The van der Waals surface area contributed by atoms with E-state index in [2.05, 4.69) is 10.6 Å². The number of imide groups is 1. The van der Waals surface area contributed by atoms with E-state index in [4.69, 9.17) is 39.5 Å². The summed E-state index contributed by atoms with van der Waals surface area (Å²) >= 11 is 18.3. The molecule has 0 aliphatic rings. The van der Waals surface area contributed by atoms with Crippen LogP contribution < -0.4 is 15.4 Å². The van der Waals surface area contributed by atoms with Crippen LogP contribution in [0.1, 0.15) is 10.4 Å². The Morgan fingerprint density at radius 1 is 0.862 bits per heavy atom. The van der Waals surface area contributed by atoms with E-state index in [0.29, 0.717) is 32.6 Å². The van der Waals surface area contributed by atoms with E-state index in [9.17, 15) is 9.59 Å². The summed E-state index contributed by atoms with van der Waals surface area (Å²) in [7, 11) is 1.50. The summed E-state index contributed by atoms with van der Waals surface area (Å²) in [6.07, 6.45) is 0. The third-order valence-electron chi connectivity index (χ3n) is 4.02. The summed E-state index contributed by atoms with van der Waals surface area (Å²) in [6.45, 7) is 0. The molecule has 3 amide bonds. The van der Waals surface area contributed by atoms with Crippen LogP contribution in [0.4, 0.5) is 10.5 Å². The van der Waals surface area contributed by atoms with Gasteiger partial charge in [0, 0.05) is 32.9 Å². The van der Waals surface area contributed by atoms with Gasteiger partial charge in [-0.25, -0.2) is 4.79 Å². The van der Waals surface area contributed by atoms with E-state index in [0.717, 1.165) is 0 Å². The van der Waals surface area contributed by atoms with Crippen LogP contribution in [-0.4, -0.2) is 19.0 Å². The Balaban J connectivity index is 1.78. The molecule has 0 radical (unpaired) electrons. The SMILES string of the molecule is COc1cc(NC(=O)NC(=O)c2ccccc2Cl)ccc1-c1cc(Cl)ccc1Cl. The highest BCUT2D eigenvalue weighted by Crippen LogP contribution is 2.37. The third-order valence-corrected chi connectivity index (χ3v) is 4.92. The predicted molar refractivity (Wildman–Crippen MR) is 116 cm³/mol. The molecule has 5 nitrogen and oxygen atoms in total. The molecule has 0 aromatic heterocycles. The quantitative estimate of drug-likeness (QED) is 0.492. The van der Waals surface area contributed by atoms with Crippen LogP contribution >= 0.6 is 34.8 Å². The normalized spacial score (nSPS) is 10.3. The molecule has 0 bridgehead atoms. The fraction of sp³-hybridized carbons (Fsp3) is 0.0476. The van der Waals surface area contributed by atoms with Gasteiger partial charge in [0.2, 0.25) is 0 Å². The first-order valence-electron chi connectivity index (χ1n) is 8.39. The molecule has 0 saturated carbocycles. The van der Waals surface area contributed by atoms with E-state index in [1.165, 1.54) is 13.2 Å². The lowest BCUT2D eigenvalue weighted by Gasteiger charge is -2.13. The summed E-state index contributed by atoms with van der Waals surface area (Å²) in [5, 5.41) is 6.12. The number of ether oxygens (including phenoxy) is 1. The van der Waals surface area contributed by atoms with Gasteiger partial charge in [-0.1, -0.05) is 46.9 Å². The van der Waals surface area contributed by atoms with Crippen molar-refractivity contribution in [1.29, 1.82) is 0 Å². The average Bonchev–Trinajstić information content (AvgIpc) is 2.70. The van der Waals surface area contributed by atoms with Crippen molar-refractivity contribution in [2.45, 2.75) is 0 Å². The Bertz CT molecular complexity index is 1090. The molecule has 0 aliphatic carbocycles. The van der Waals surface area contributed by atoms with Crippen molar-refractivity contribution < 1.29 is 14.3 Å². The lowest BCUT2D eigenvalue weighted by molar-refractivity contribution is 0.0967. The average molecular weight is 450 g/mol. The van der Waals surface area contributed by atoms with Crippen molar-refractivity contribution in [3.63, 3.8) is 0 Å². The largest absolute Gasteiger partial charge is 0.496 e. The van der Waals surface area contributed by atoms with Gasteiger partial charge in [-0.05, 0) is 42.5 Å². The number of carbonyl (C=O) groups excluding carboxylic acids is 2. The lowest BCUT2D eigenvalue weighted by atomic mass is 10.0. The van der Waals surface area contributed by atoms with Crippen LogP contribution in [0.5, 0.6) is 5.75 Å². The minimum Gasteiger partial charge on any atom is -0.496 e. The summed E-state index contributed by atoms with van der Waals surface area (Å²) in [6, 6.07) is 15.9. The van der Waals surface area contributed by atoms with Crippen LogP contribution in [0.2, 0.25) is 15.1 Å². The van der Waals surface area contributed by atoms with Gasteiger partial charge in [0.05, 0.1) is 17.7 Å². The van der Waals surface area contributed by atoms with Gasteiger partial charge >= 0.3 is 6.03 Å². The molecule has 0 spiro atoms. The van der Waals surface area contributed by atoms with Gasteiger partial charge in [-0.3, -0.25) is 10.1 Å². The number of anilines is 1. The van der Waals surface area contributed by atoms with E-state index in [1.54, 1.807) is 54.6 Å². The summed E-state index contributed by atoms with van der Waals surface area (Å²) in [5.74, 6) is -0.133. The molecule has 3 aromatic carbocycles. The topological polar surface area (TPSA) is 67.4 Å². The maximum atomic E-state index is 12.2. The van der Waals surface area contributed by atoms with Crippen molar-refractivity contribution >= 4 is 52.4 Å². The Hall–Kier alpha value is -2.73. The smallest absolute Gasteiger partial charge is 0.326 e. The zero-order valence-electron chi connectivity index (χ0n) is 15.1. The number of carbonyl (C=O) groups is 2. The maximum Gasteiger partial charge on any atom is 0.326 e. The van der Waals surface area contributed by atoms with Crippen molar-refractivity contribution in [2.75, 3.05) is 12.4 Å². The molecule has 8 heteroatoms. The number of halogens is 3. The summed E-state index contributed by atoms with van der Waals surface area (Å²) in [4.78, 5) is 24.4. The van der Waals surface area contributed by atoms with Crippen LogP contribution in [0.25, 0.3) is 11.1 Å². The van der Waals surface area contributed by atoms with Crippen LogP contribution in [0.3, 0.4) is 0 Å². The van der Waals surface area contributed by atoms with E-state index >= 15 is 0 Å². The Morgan fingerprint density at radius 2 is 1.62 bits per heavy atom. The molecule has 0 unspecified atom stereocenters. The van der Waals surface area contributed by atoms with E-state index < -0.39 is 11.9 Å². The number of benzene rings is 3. The Kier molecular flexibility index (Phi) is 6.64. The summed E-state index contributed by atoms with van der Waals surface area (Å²) in [5.41, 5.74) is 2.03. The van der Waals surface area contributed by atoms with Crippen LogP contribution in [-0.2, 0) is 0 Å². The second-order valence-corrected chi connectivity index (χ2v) is 7.18. The molecule has 2 N–H and O–H groups in total. The molecule has 0 atom stereocenters. The standard InChI is InChI=1S/C21H15Cl3N2O3/c1-29-19-11-13(7-8-14(19)16-10-12(22)6-9-18(16)24)25-21(28)26-20(27)15-4-2-3-5-17(15)23/h2-11H,1H3,(H2,25,26,27,28). The van der Waals surface area contributed by atoms with E-state index in [1.807, 2.05) is 0 Å². The summed E-state index contributed by atoms with van der Waals surface area (Å²) < 4.78 is 5.43. The first kappa shape index (κ1) is 21.0. The molecule has 29 heavy (non-hydrogen) atoms. The fourth-order valence-electron chi connectivity index (χ4n) is 2.67. The molecular weight excluding hydrogens is 435 g/mol. The second kappa shape index (κ2) is 9.18. The van der Waals surface area contributed by atoms with E-state index in [-0.39, 0.29) is 10.6 Å². The van der Waals surface area contributed by atoms with Gasteiger partial charge in [-0.15, -0.1) is 0 Å². The number of rotatable bonds is 4. The second-order valence-electron chi connectivity index (χ2n) is 5.93. The zero-order valence-corrected chi connectivity index (χ0v) is 17.4. The highest BCUT2D eigenvalue weighted by Gasteiger charge is 2.15. The molecule has 0 heterocycles. The molecule has 0 aliphatic heterocycles. The Morgan fingerprint density at radius 3 is 2.34 bits per heavy atom. The van der Waals surface area contributed by atoms with Crippen LogP contribution in [0, 0.1) is 0 Å². The van der Waals surface area contributed by atoms with Gasteiger partial charge < -0.3 is 10.1 Å². The molecule has 3 aromatic rings. The predicted octanol–water partition coefficient (Wildman–Crippen LogP) is 6.28. The Labute approximate surface area is 182 Å². The van der Waals surface area contributed by atoms with Crippen molar-refractivity contribution in [3.05, 3.63) is 81.3 Å². The van der Waals surface area contributed by atoms with Gasteiger partial charge in [0.15, 0.2) is 0 Å². The highest BCUT2D eigenvalue weighted by atomic mass is 35.5. The monoisotopic (exact) mass is 448 g/mol. The minimum absolute atomic E-state index is 0.202. The number of methoxy groups -OCH3 is 1. The zero-order chi connectivity index (χ0) is 21.0. The number of hydrogen-bond donors (Lipinski definition) is 2. The van der Waals surface area contributed by atoms with Gasteiger partial charge in [0.1, 0.15) is 5.75 Å². The molecule has 0 fully saturated rings. The van der Waals surface area contributed by atoms with Gasteiger partial charge in [0.25, 0.3) is 5.91 Å². The van der Waals surface area contributed by atoms with Crippen molar-refractivity contribution in [3.8, 4) is 16.9 Å². The number of nitrogens with one attached hydrogen (secondary N) is 2. The molecule has 148 valence electrons. The fourth-order valence-corrected chi connectivity index (χ4v) is 3.29.